The Bertz CT molecular complexity index is 1450. The van der Waals surface area contributed by atoms with Crippen LogP contribution in [0.15, 0.2) is 48.6 Å². The van der Waals surface area contributed by atoms with Crippen molar-refractivity contribution in [2.45, 2.75) is 280 Å². The largest absolute Gasteiger partial charge is 0.462 e. The third-order valence-electron chi connectivity index (χ3n) is 13.5. The number of ether oxygens (including phenoxy) is 6. The SMILES string of the molecule is CCCCCC/C=C\C/C=C\CCCCCCCC(=O)OCC(COC1OC(COC2OC(CO)C(O)C(O)C2O)C(O)C(O)C1O)OC(=O)CCCCCCCCCCC/C=C\C/C=C\CCCCCCC. The number of aliphatic hydroxyl groups excluding tert-OH is 7. The van der Waals surface area contributed by atoms with Gasteiger partial charge in [0.2, 0.25) is 0 Å². The summed E-state index contributed by atoms with van der Waals surface area (Å²) in [5.41, 5.74) is 0. The van der Waals surface area contributed by atoms with Gasteiger partial charge < -0.3 is 64.2 Å². The van der Waals surface area contributed by atoms with E-state index in [-0.39, 0.29) is 26.1 Å². The molecule has 0 aromatic heterocycles. The van der Waals surface area contributed by atoms with Crippen LogP contribution < -0.4 is 0 Å². The van der Waals surface area contributed by atoms with Gasteiger partial charge in [0.15, 0.2) is 18.7 Å². The summed E-state index contributed by atoms with van der Waals surface area (Å²) in [5, 5.41) is 72.3. The smallest absolute Gasteiger partial charge is 0.306 e. The average Bonchev–Trinajstić information content (AvgIpc) is 3.38. The van der Waals surface area contributed by atoms with Gasteiger partial charge in [-0.15, -0.1) is 0 Å². The van der Waals surface area contributed by atoms with E-state index in [1.54, 1.807) is 0 Å². The van der Waals surface area contributed by atoms with Crippen LogP contribution in [0.4, 0.5) is 0 Å². The van der Waals surface area contributed by atoms with Crippen LogP contribution in [0.3, 0.4) is 0 Å². The van der Waals surface area contributed by atoms with E-state index in [1.165, 1.54) is 89.9 Å². The highest BCUT2D eigenvalue weighted by Gasteiger charge is 2.47. The zero-order valence-electron chi connectivity index (χ0n) is 45.1. The molecule has 11 unspecified atom stereocenters. The lowest BCUT2D eigenvalue weighted by atomic mass is 9.98. The van der Waals surface area contributed by atoms with E-state index in [2.05, 4.69) is 62.5 Å². The predicted octanol–water partition coefficient (Wildman–Crippen LogP) is 9.44. The third-order valence-corrected chi connectivity index (χ3v) is 13.5. The molecular weight excluding hydrogens is 937 g/mol. The van der Waals surface area contributed by atoms with Crippen LogP contribution in [-0.2, 0) is 38.0 Å². The average molecular weight is 1040 g/mol. The van der Waals surface area contributed by atoms with Crippen LogP contribution >= 0.6 is 0 Å². The molecule has 2 aliphatic heterocycles. The van der Waals surface area contributed by atoms with Crippen molar-refractivity contribution in [3.63, 3.8) is 0 Å². The Morgan fingerprint density at radius 3 is 1.29 bits per heavy atom. The first-order valence-corrected chi connectivity index (χ1v) is 28.7. The van der Waals surface area contributed by atoms with Gasteiger partial charge in [0, 0.05) is 12.8 Å². The second kappa shape index (κ2) is 44.6. The van der Waals surface area contributed by atoms with Crippen LogP contribution in [0, 0.1) is 0 Å². The monoisotopic (exact) mass is 1040 g/mol. The Balaban J connectivity index is 1.77. The highest BCUT2D eigenvalue weighted by molar-refractivity contribution is 5.70. The topological polar surface area (TPSA) is 231 Å². The number of carbonyl (C=O) groups is 2. The summed E-state index contributed by atoms with van der Waals surface area (Å²) in [6, 6.07) is 0. The van der Waals surface area contributed by atoms with Crippen LogP contribution in [-0.4, -0.2) is 142 Å². The fourth-order valence-corrected chi connectivity index (χ4v) is 8.81. The molecule has 2 aliphatic rings. The van der Waals surface area contributed by atoms with E-state index in [0.717, 1.165) is 83.5 Å². The number of allylic oxidation sites excluding steroid dienone is 8. The fourth-order valence-electron chi connectivity index (χ4n) is 8.81. The highest BCUT2D eigenvalue weighted by atomic mass is 16.7. The Morgan fingerprint density at radius 1 is 0.438 bits per heavy atom. The van der Waals surface area contributed by atoms with Gasteiger partial charge in [-0.3, -0.25) is 9.59 Å². The van der Waals surface area contributed by atoms with E-state index >= 15 is 0 Å². The van der Waals surface area contributed by atoms with Gasteiger partial charge >= 0.3 is 11.9 Å². The summed E-state index contributed by atoms with van der Waals surface area (Å²) in [5.74, 6) is -0.942. The lowest BCUT2D eigenvalue weighted by Gasteiger charge is -2.42. The molecule has 0 bridgehead atoms. The molecule has 0 spiro atoms. The summed E-state index contributed by atoms with van der Waals surface area (Å²) < 4.78 is 33.7. The molecule has 15 nitrogen and oxygen atoms in total. The van der Waals surface area contributed by atoms with Gasteiger partial charge in [0.05, 0.1) is 19.8 Å². The van der Waals surface area contributed by atoms with E-state index in [9.17, 15) is 45.3 Å². The van der Waals surface area contributed by atoms with Gasteiger partial charge in [-0.2, -0.15) is 0 Å². The second-order valence-corrected chi connectivity index (χ2v) is 20.1. The van der Waals surface area contributed by atoms with Gasteiger partial charge in [0.25, 0.3) is 0 Å². The second-order valence-electron chi connectivity index (χ2n) is 20.1. The van der Waals surface area contributed by atoms with Crippen molar-refractivity contribution >= 4 is 11.9 Å². The zero-order chi connectivity index (χ0) is 53.2. The van der Waals surface area contributed by atoms with E-state index in [1.807, 2.05) is 0 Å². The molecule has 2 heterocycles. The minimum absolute atomic E-state index is 0.156. The summed E-state index contributed by atoms with van der Waals surface area (Å²) in [7, 11) is 0. The summed E-state index contributed by atoms with van der Waals surface area (Å²) in [4.78, 5) is 25.9. The van der Waals surface area contributed by atoms with Gasteiger partial charge in [0.1, 0.15) is 55.4 Å². The first-order chi connectivity index (χ1) is 35.5. The molecule has 0 saturated carbocycles. The Morgan fingerprint density at radius 2 is 0.822 bits per heavy atom. The number of carbonyl (C=O) groups excluding carboxylic acids is 2. The maximum atomic E-state index is 13.1. The maximum absolute atomic E-state index is 13.1. The minimum Gasteiger partial charge on any atom is -0.462 e. The van der Waals surface area contributed by atoms with E-state index in [4.69, 9.17) is 28.4 Å². The van der Waals surface area contributed by atoms with Crippen LogP contribution in [0.1, 0.15) is 213 Å². The van der Waals surface area contributed by atoms with Gasteiger partial charge in [-0.05, 0) is 77.0 Å². The number of hydrogen-bond acceptors (Lipinski definition) is 15. The van der Waals surface area contributed by atoms with Crippen LogP contribution in [0.2, 0.25) is 0 Å². The molecule has 7 N–H and O–H groups in total. The van der Waals surface area contributed by atoms with Crippen molar-refractivity contribution in [1.29, 1.82) is 0 Å². The molecule has 73 heavy (non-hydrogen) atoms. The molecule has 424 valence electrons. The van der Waals surface area contributed by atoms with Gasteiger partial charge in [-0.1, -0.05) is 172 Å². The number of esters is 2. The van der Waals surface area contributed by atoms with Crippen molar-refractivity contribution in [3.8, 4) is 0 Å². The van der Waals surface area contributed by atoms with Gasteiger partial charge in [-0.25, -0.2) is 0 Å². The molecule has 0 amide bonds. The van der Waals surface area contributed by atoms with Crippen molar-refractivity contribution in [2.75, 3.05) is 26.4 Å². The first-order valence-electron chi connectivity index (χ1n) is 28.7. The predicted molar refractivity (Wildman–Crippen MR) is 284 cm³/mol. The molecule has 2 fully saturated rings. The normalized spacial score (nSPS) is 25.2. The Hall–Kier alpha value is -2.54. The summed E-state index contributed by atoms with van der Waals surface area (Å²) in [6.07, 6.45) is 34.1. The zero-order valence-corrected chi connectivity index (χ0v) is 45.1. The van der Waals surface area contributed by atoms with Crippen LogP contribution in [0.5, 0.6) is 0 Å². The quantitative estimate of drug-likeness (QED) is 0.0171. The number of aliphatic hydroxyl groups is 7. The molecular formula is C58H102O15. The number of hydrogen-bond donors (Lipinski definition) is 7. The number of unbranched alkanes of at least 4 members (excludes halogenated alkanes) is 23. The van der Waals surface area contributed by atoms with E-state index in [0.29, 0.717) is 12.8 Å². The minimum atomic E-state index is -1.77. The summed E-state index contributed by atoms with van der Waals surface area (Å²) >= 11 is 0. The van der Waals surface area contributed by atoms with Crippen molar-refractivity contribution in [1.82, 2.24) is 0 Å². The molecule has 11 atom stereocenters. The lowest BCUT2D eigenvalue weighted by Crippen LogP contribution is -2.61. The Labute approximate surface area is 439 Å². The molecule has 0 radical (unpaired) electrons. The molecule has 0 aliphatic carbocycles. The van der Waals surface area contributed by atoms with Crippen LogP contribution in [0.25, 0.3) is 0 Å². The summed E-state index contributed by atoms with van der Waals surface area (Å²) in [6.45, 7) is 2.56. The molecule has 15 heteroatoms. The molecule has 2 rings (SSSR count). The van der Waals surface area contributed by atoms with E-state index < -0.39 is 92.7 Å². The molecule has 0 aromatic carbocycles. The Kier molecular flexibility index (Phi) is 40.6. The molecule has 2 saturated heterocycles. The fraction of sp³-hybridized carbons (Fsp3) is 0.828. The number of rotatable bonds is 45. The van der Waals surface area contributed by atoms with Crippen molar-refractivity contribution in [3.05, 3.63) is 48.6 Å². The van der Waals surface area contributed by atoms with Crippen molar-refractivity contribution in [2.24, 2.45) is 0 Å². The first kappa shape index (κ1) is 66.6. The maximum Gasteiger partial charge on any atom is 0.306 e. The highest BCUT2D eigenvalue weighted by Crippen LogP contribution is 2.27. The molecule has 0 aromatic rings. The third kappa shape index (κ3) is 32.0. The van der Waals surface area contributed by atoms with Crippen molar-refractivity contribution < 1.29 is 73.8 Å². The standard InChI is InChI=1S/C58H102O15/c1-3-5-7-9-11-13-15-17-19-21-22-23-24-25-27-29-31-33-35-37-39-41-50(61)71-46(43-68-49(60)40-38-36-34-32-30-28-26-20-18-16-14-12-10-8-6-4-2)44-69-57-56(67)54(65)52(63)48(73-57)45-70-58-55(66)53(64)51(62)47(42-59)72-58/h14-17,20-22,26,46-48,51-59,62-67H,3-13,18-19,23-25,27-45H2,1-2H3/b16-14-,17-15-,22-21-,26-20-. The lowest BCUT2D eigenvalue weighted by molar-refractivity contribution is -0.332.